The largest absolute Gasteiger partial charge is 0.351 e. The zero-order valence-electron chi connectivity index (χ0n) is 9.24. The molecule has 1 aromatic heterocycles. The third kappa shape index (κ3) is 1.87. The van der Waals surface area contributed by atoms with Crippen molar-refractivity contribution in [1.29, 1.82) is 0 Å². The van der Waals surface area contributed by atoms with E-state index in [0.717, 1.165) is 17.9 Å². The Labute approximate surface area is 88.8 Å². The molecule has 0 spiro atoms. The lowest BCUT2D eigenvalue weighted by atomic mass is 10.1. The van der Waals surface area contributed by atoms with Crippen LogP contribution in [0.2, 0.25) is 0 Å². The molecule has 15 heavy (non-hydrogen) atoms. The van der Waals surface area contributed by atoms with Crippen molar-refractivity contribution in [2.45, 2.75) is 25.9 Å². The average Bonchev–Trinajstić information content (AvgIpc) is 2.45. The Kier molecular flexibility index (Phi) is 2.48. The molecule has 5 heteroatoms. The van der Waals surface area contributed by atoms with E-state index in [-0.39, 0.29) is 18.0 Å². The van der Waals surface area contributed by atoms with Crippen LogP contribution < -0.4 is 10.6 Å². The highest BCUT2D eigenvalue weighted by Crippen LogP contribution is 2.16. The molecule has 2 N–H and O–H groups in total. The molecule has 0 saturated carbocycles. The van der Waals surface area contributed by atoms with E-state index in [1.807, 2.05) is 27.0 Å². The fraction of sp³-hybridized carbons (Fsp3) is 0.600. The van der Waals surface area contributed by atoms with E-state index in [9.17, 15) is 4.79 Å². The fourth-order valence-electron chi connectivity index (χ4n) is 1.90. The van der Waals surface area contributed by atoms with Gasteiger partial charge in [0.1, 0.15) is 6.04 Å². The third-order valence-electron chi connectivity index (χ3n) is 2.61. The van der Waals surface area contributed by atoms with Gasteiger partial charge in [0.15, 0.2) is 0 Å². The molecule has 0 aromatic carbocycles. The average molecular weight is 208 g/mol. The van der Waals surface area contributed by atoms with Gasteiger partial charge in [-0.25, -0.2) is 0 Å². The summed E-state index contributed by atoms with van der Waals surface area (Å²) in [5, 5.41) is 10.4. The SMILES string of the molecule is Cc1cc(C2NCC(C)NC2=O)n(C)n1. The second-order valence-corrected chi connectivity index (χ2v) is 4.09. The lowest BCUT2D eigenvalue weighted by molar-refractivity contribution is -0.125. The van der Waals surface area contributed by atoms with Gasteiger partial charge in [-0.3, -0.25) is 14.8 Å². The van der Waals surface area contributed by atoms with E-state index >= 15 is 0 Å². The number of carbonyl (C=O) groups is 1. The molecular formula is C10H16N4O. The molecule has 82 valence electrons. The molecule has 1 saturated heterocycles. The molecule has 0 aliphatic carbocycles. The predicted octanol–water partition coefficient (Wildman–Crippen LogP) is -0.122. The number of hydrogen-bond donors (Lipinski definition) is 2. The van der Waals surface area contributed by atoms with Crippen molar-refractivity contribution in [2.24, 2.45) is 7.05 Å². The van der Waals surface area contributed by atoms with Crippen molar-refractivity contribution in [3.63, 3.8) is 0 Å². The fourth-order valence-corrected chi connectivity index (χ4v) is 1.90. The van der Waals surface area contributed by atoms with Gasteiger partial charge in [-0.05, 0) is 19.9 Å². The van der Waals surface area contributed by atoms with Crippen molar-refractivity contribution in [3.8, 4) is 0 Å². The van der Waals surface area contributed by atoms with Gasteiger partial charge in [-0.1, -0.05) is 0 Å². The highest BCUT2D eigenvalue weighted by atomic mass is 16.2. The van der Waals surface area contributed by atoms with E-state index < -0.39 is 0 Å². The first-order chi connectivity index (χ1) is 7.08. The molecule has 1 aromatic rings. The first kappa shape index (κ1) is 10.2. The molecular weight excluding hydrogens is 192 g/mol. The van der Waals surface area contributed by atoms with Gasteiger partial charge >= 0.3 is 0 Å². The summed E-state index contributed by atoms with van der Waals surface area (Å²) >= 11 is 0. The Balaban J connectivity index is 2.24. The number of nitrogens with zero attached hydrogens (tertiary/aromatic N) is 2. The number of aryl methyl sites for hydroxylation is 2. The summed E-state index contributed by atoms with van der Waals surface area (Å²) in [6.45, 7) is 4.70. The number of amides is 1. The normalized spacial score (nSPS) is 26.5. The van der Waals surface area contributed by atoms with Gasteiger partial charge in [0, 0.05) is 19.6 Å². The molecule has 1 amide bonds. The number of aromatic nitrogens is 2. The van der Waals surface area contributed by atoms with E-state index in [1.54, 1.807) is 4.68 Å². The minimum atomic E-state index is -0.271. The summed E-state index contributed by atoms with van der Waals surface area (Å²) in [7, 11) is 1.86. The van der Waals surface area contributed by atoms with Crippen molar-refractivity contribution in [1.82, 2.24) is 20.4 Å². The molecule has 2 heterocycles. The highest BCUT2D eigenvalue weighted by Gasteiger charge is 2.28. The van der Waals surface area contributed by atoms with Crippen LogP contribution in [0.5, 0.6) is 0 Å². The van der Waals surface area contributed by atoms with Gasteiger partial charge in [-0.2, -0.15) is 5.10 Å². The number of carbonyl (C=O) groups excluding carboxylic acids is 1. The quantitative estimate of drug-likeness (QED) is 0.676. The van der Waals surface area contributed by atoms with Crippen LogP contribution in [0.15, 0.2) is 6.07 Å². The van der Waals surface area contributed by atoms with Gasteiger partial charge in [0.25, 0.3) is 0 Å². The molecule has 0 bridgehead atoms. The molecule has 1 aliphatic heterocycles. The van der Waals surface area contributed by atoms with E-state index in [2.05, 4.69) is 15.7 Å². The van der Waals surface area contributed by atoms with Gasteiger partial charge in [0.2, 0.25) is 5.91 Å². The number of hydrogen-bond acceptors (Lipinski definition) is 3. The minimum absolute atomic E-state index is 0.0248. The van der Waals surface area contributed by atoms with Crippen LogP contribution in [-0.2, 0) is 11.8 Å². The van der Waals surface area contributed by atoms with E-state index in [4.69, 9.17) is 0 Å². The molecule has 2 atom stereocenters. The summed E-state index contributed by atoms with van der Waals surface area (Å²) in [6, 6.07) is 1.86. The van der Waals surface area contributed by atoms with Crippen molar-refractivity contribution >= 4 is 5.91 Å². The van der Waals surface area contributed by atoms with Crippen molar-refractivity contribution in [2.75, 3.05) is 6.54 Å². The molecule has 2 unspecified atom stereocenters. The first-order valence-corrected chi connectivity index (χ1v) is 5.12. The summed E-state index contributed by atoms with van der Waals surface area (Å²) in [4.78, 5) is 11.8. The molecule has 0 radical (unpaired) electrons. The van der Waals surface area contributed by atoms with Crippen LogP contribution in [0.3, 0.4) is 0 Å². The third-order valence-corrected chi connectivity index (χ3v) is 2.61. The van der Waals surface area contributed by atoms with Crippen molar-refractivity contribution in [3.05, 3.63) is 17.5 Å². The second-order valence-electron chi connectivity index (χ2n) is 4.09. The van der Waals surface area contributed by atoms with Crippen LogP contribution in [0.4, 0.5) is 0 Å². The highest BCUT2D eigenvalue weighted by molar-refractivity contribution is 5.83. The zero-order valence-corrected chi connectivity index (χ0v) is 9.24. The zero-order chi connectivity index (χ0) is 11.0. The molecule has 1 aliphatic rings. The van der Waals surface area contributed by atoms with Crippen LogP contribution in [0, 0.1) is 6.92 Å². The van der Waals surface area contributed by atoms with Crippen LogP contribution in [0.25, 0.3) is 0 Å². The Morgan fingerprint density at radius 1 is 1.60 bits per heavy atom. The number of piperazine rings is 1. The molecule has 1 fully saturated rings. The van der Waals surface area contributed by atoms with Gasteiger partial charge < -0.3 is 5.32 Å². The first-order valence-electron chi connectivity index (χ1n) is 5.12. The minimum Gasteiger partial charge on any atom is -0.351 e. The Morgan fingerprint density at radius 2 is 2.33 bits per heavy atom. The van der Waals surface area contributed by atoms with Crippen molar-refractivity contribution < 1.29 is 4.79 Å². The lowest BCUT2D eigenvalue weighted by Gasteiger charge is -2.28. The molecule has 2 rings (SSSR count). The number of rotatable bonds is 1. The second kappa shape index (κ2) is 3.66. The Hall–Kier alpha value is -1.36. The van der Waals surface area contributed by atoms with E-state index in [1.165, 1.54) is 0 Å². The monoisotopic (exact) mass is 208 g/mol. The Morgan fingerprint density at radius 3 is 2.87 bits per heavy atom. The van der Waals surface area contributed by atoms with Crippen LogP contribution in [0.1, 0.15) is 24.4 Å². The topological polar surface area (TPSA) is 58.9 Å². The maximum absolute atomic E-state index is 11.8. The Bertz CT molecular complexity index is 385. The van der Waals surface area contributed by atoms with E-state index in [0.29, 0.717) is 0 Å². The number of nitrogens with one attached hydrogen (secondary N) is 2. The maximum atomic E-state index is 11.8. The van der Waals surface area contributed by atoms with Gasteiger partial charge in [0.05, 0.1) is 11.4 Å². The molecule has 5 nitrogen and oxygen atoms in total. The summed E-state index contributed by atoms with van der Waals surface area (Å²) in [5.74, 6) is 0.0248. The van der Waals surface area contributed by atoms with Gasteiger partial charge in [-0.15, -0.1) is 0 Å². The standard InChI is InChI=1S/C10H16N4O/c1-6-4-8(14(3)13-6)9-10(15)12-7(2)5-11-9/h4,7,9,11H,5H2,1-3H3,(H,12,15). The van der Waals surface area contributed by atoms with Crippen LogP contribution >= 0.6 is 0 Å². The lowest BCUT2D eigenvalue weighted by Crippen LogP contribution is -2.52. The summed E-state index contributed by atoms with van der Waals surface area (Å²) in [6.07, 6.45) is 0. The summed E-state index contributed by atoms with van der Waals surface area (Å²) in [5.41, 5.74) is 1.85. The maximum Gasteiger partial charge on any atom is 0.243 e. The summed E-state index contributed by atoms with van der Waals surface area (Å²) < 4.78 is 1.75. The van der Waals surface area contributed by atoms with Crippen LogP contribution in [-0.4, -0.2) is 28.3 Å². The predicted molar refractivity (Wildman–Crippen MR) is 56.3 cm³/mol. The smallest absolute Gasteiger partial charge is 0.243 e.